The molecule has 1 aromatic heterocycles. The van der Waals surface area contributed by atoms with E-state index in [-0.39, 0.29) is 5.50 Å². The van der Waals surface area contributed by atoms with Crippen molar-refractivity contribution in [3.63, 3.8) is 0 Å². The van der Waals surface area contributed by atoms with Crippen molar-refractivity contribution in [3.8, 4) is 0 Å². The Balaban J connectivity index is 1.64. The van der Waals surface area contributed by atoms with Crippen molar-refractivity contribution in [2.45, 2.75) is 25.4 Å². The van der Waals surface area contributed by atoms with Gasteiger partial charge in [0.25, 0.3) is 0 Å². The average Bonchev–Trinajstić information content (AvgIpc) is 2.86. The van der Waals surface area contributed by atoms with E-state index in [4.69, 9.17) is 0 Å². The molecule has 0 fully saturated rings. The highest BCUT2D eigenvalue weighted by Crippen LogP contribution is 2.29. The molecular formula is C13H16N4S. The van der Waals surface area contributed by atoms with E-state index in [9.17, 15) is 0 Å². The standard InChI is InChI=1S/C13H16N4S/c1-9-8-12-15-13(18-17(12)16-9)14-10(2)11-6-4-3-5-7-11/h3-8,10,13-15H,1-2H3/t10-,13-/m1/s1. The number of rotatable bonds is 3. The van der Waals surface area contributed by atoms with Crippen LogP contribution in [-0.2, 0) is 0 Å². The summed E-state index contributed by atoms with van der Waals surface area (Å²) < 4.78 is 1.94. The zero-order chi connectivity index (χ0) is 12.5. The minimum atomic E-state index is 0.170. The fraction of sp³-hybridized carbons (Fsp3) is 0.308. The molecule has 2 N–H and O–H groups in total. The summed E-state index contributed by atoms with van der Waals surface area (Å²) in [5.41, 5.74) is 2.50. The van der Waals surface area contributed by atoms with Gasteiger partial charge in [-0.25, -0.2) is 0 Å². The topological polar surface area (TPSA) is 41.9 Å². The second kappa shape index (κ2) is 4.66. The summed E-state index contributed by atoms with van der Waals surface area (Å²) >= 11 is 1.66. The molecule has 4 nitrogen and oxygen atoms in total. The van der Waals surface area contributed by atoms with Gasteiger partial charge in [-0.05, 0) is 19.4 Å². The van der Waals surface area contributed by atoms with Crippen molar-refractivity contribution in [3.05, 3.63) is 47.7 Å². The third-order valence-corrected chi connectivity index (χ3v) is 3.93. The number of hydrogen-bond acceptors (Lipinski definition) is 4. The van der Waals surface area contributed by atoms with Gasteiger partial charge in [-0.15, -0.1) is 0 Å². The molecule has 0 amide bonds. The van der Waals surface area contributed by atoms with Gasteiger partial charge in [-0.3, -0.25) is 5.32 Å². The van der Waals surface area contributed by atoms with Crippen LogP contribution in [0.25, 0.3) is 0 Å². The molecule has 1 aliphatic rings. The van der Waals surface area contributed by atoms with Crippen molar-refractivity contribution < 1.29 is 0 Å². The molecule has 2 aromatic rings. The summed E-state index contributed by atoms with van der Waals surface area (Å²) in [5, 5.41) is 11.3. The van der Waals surface area contributed by atoms with Crippen LogP contribution in [0.5, 0.6) is 0 Å². The number of nitrogens with one attached hydrogen (secondary N) is 2. The Morgan fingerprint density at radius 1 is 1.39 bits per heavy atom. The van der Waals surface area contributed by atoms with Crippen molar-refractivity contribution in [1.82, 2.24) is 14.5 Å². The molecule has 3 rings (SSSR count). The van der Waals surface area contributed by atoms with Crippen LogP contribution < -0.4 is 10.6 Å². The smallest absolute Gasteiger partial charge is 0.149 e. The maximum atomic E-state index is 4.40. The fourth-order valence-electron chi connectivity index (χ4n) is 2.05. The Hall–Kier alpha value is -1.46. The molecule has 0 spiro atoms. The summed E-state index contributed by atoms with van der Waals surface area (Å²) in [7, 11) is 0. The molecule has 0 bridgehead atoms. The van der Waals surface area contributed by atoms with E-state index in [0.29, 0.717) is 6.04 Å². The van der Waals surface area contributed by atoms with Crippen molar-refractivity contribution in [2.75, 3.05) is 5.32 Å². The van der Waals surface area contributed by atoms with Crippen LogP contribution in [-0.4, -0.2) is 14.7 Å². The first-order valence-corrected chi connectivity index (χ1v) is 6.87. The van der Waals surface area contributed by atoms with Crippen molar-refractivity contribution in [1.29, 1.82) is 0 Å². The molecule has 0 aliphatic carbocycles. The second-order valence-corrected chi connectivity index (χ2v) is 5.50. The zero-order valence-electron chi connectivity index (χ0n) is 10.4. The Bertz CT molecular complexity index is 514. The molecule has 1 aromatic carbocycles. The molecule has 1 aliphatic heterocycles. The molecule has 0 saturated heterocycles. The molecule has 2 atom stereocenters. The van der Waals surface area contributed by atoms with Gasteiger partial charge in [0.2, 0.25) is 0 Å². The monoisotopic (exact) mass is 260 g/mol. The van der Waals surface area contributed by atoms with E-state index in [0.717, 1.165) is 11.5 Å². The van der Waals surface area contributed by atoms with Crippen molar-refractivity contribution >= 4 is 17.8 Å². The first-order valence-electron chi connectivity index (χ1n) is 6.04. The van der Waals surface area contributed by atoms with Gasteiger partial charge < -0.3 is 5.32 Å². The Morgan fingerprint density at radius 3 is 2.89 bits per heavy atom. The van der Waals surface area contributed by atoms with Crippen LogP contribution >= 0.6 is 11.9 Å². The maximum absolute atomic E-state index is 4.40. The molecule has 0 unspecified atom stereocenters. The van der Waals surface area contributed by atoms with Crippen LogP contribution in [0.3, 0.4) is 0 Å². The van der Waals surface area contributed by atoms with E-state index in [1.807, 2.05) is 17.1 Å². The van der Waals surface area contributed by atoms with E-state index in [1.165, 1.54) is 5.56 Å². The largest absolute Gasteiger partial charge is 0.344 e. The fourth-order valence-corrected chi connectivity index (χ4v) is 3.09. The summed E-state index contributed by atoms with van der Waals surface area (Å²) in [4.78, 5) is 0. The number of fused-ring (bicyclic) bond motifs is 1. The molecule has 18 heavy (non-hydrogen) atoms. The first-order chi connectivity index (χ1) is 8.72. The van der Waals surface area contributed by atoms with Gasteiger partial charge in [0, 0.05) is 24.1 Å². The van der Waals surface area contributed by atoms with Gasteiger partial charge in [-0.1, -0.05) is 30.3 Å². The van der Waals surface area contributed by atoms with Gasteiger partial charge in [-0.2, -0.15) is 9.19 Å². The van der Waals surface area contributed by atoms with E-state index in [2.05, 4.69) is 53.0 Å². The number of aromatic nitrogens is 2. The highest BCUT2D eigenvalue weighted by Gasteiger charge is 2.24. The number of hydrogen-bond donors (Lipinski definition) is 2. The lowest BCUT2D eigenvalue weighted by Crippen LogP contribution is -2.32. The lowest BCUT2D eigenvalue weighted by molar-refractivity contribution is 0.581. The predicted octanol–water partition coefficient (Wildman–Crippen LogP) is 2.75. The molecule has 94 valence electrons. The van der Waals surface area contributed by atoms with Gasteiger partial charge >= 0.3 is 0 Å². The third kappa shape index (κ3) is 2.23. The minimum absolute atomic E-state index is 0.170. The minimum Gasteiger partial charge on any atom is -0.344 e. The maximum Gasteiger partial charge on any atom is 0.149 e. The Morgan fingerprint density at radius 2 is 2.17 bits per heavy atom. The highest BCUT2D eigenvalue weighted by atomic mass is 32.2. The van der Waals surface area contributed by atoms with Gasteiger partial charge in [0.15, 0.2) is 0 Å². The van der Waals surface area contributed by atoms with E-state index >= 15 is 0 Å². The Labute approximate surface area is 111 Å². The number of benzene rings is 1. The highest BCUT2D eigenvalue weighted by molar-refractivity contribution is 7.98. The van der Waals surface area contributed by atoms with Crippen LogP contribution in [0.1, 0.15) is 24.2 Å². The predicted molar refractivity (Wildman–Crippen MR) is 75.4 cm³/mol. The van der Waals surface area contributed by atoms with Crippen LogP contribution in [0.15, 0.2) is 36.4 Å². The molecule has 0 radical (unpaired) electrons. The zero-order valence-corrected chi connectivity index (χ0v) is 11.2. The molecular weight excluding hydrogens is 244 g/mol. The van der Waals surface area contributed by atoms with Gasteiger partial charge in [0.05, 0.1) is 5.69 Å². The lowest BCUT2D eigenvalue weighted by Gasteiger charge is -2.18. The summed E-state index contributed by atoms with van der Waals surface area (Å²) in [5.74, 6) is 1.07. The van der Waals surface area contributed by atoms with Crippen LogP contribution in [0.4, 0.5) is 5.82 Å². The second-order valence-electron chi connectivity index (χ2n) is 4.47. The average molecular weight is 260 g/mol. The van der Waals surface area contributed by atoms with Gasteiger partial charge in [0.1, 0.15) is 11.3 Å². The number of aryl methyl sites for hydroxylation is 1. The normalized spacial score (nSPS) is 19.3. The summed E-state index contributed by atoms with van der Waals surface area (Å²) in [6, 6.07) is 12.8. The van der Waals surface area contributed by atoms with E-state index < -0.39 is 0 Å². The molecule has 5 heteroatoms. The van der Waals surface area contributed by atoms with Crippen LogP contribution in [0, 0.1) is 6.92 Å². The van der Waals surface area contributed by atoms with Crippen molar-refractivity contribution in [2.24, 2.45) is 0 Å². The first kappa shape index (κ1) is 11.6. The van der Waals surface area contributed by atoms with E-state index in [1.54, 1.807) is 11.9 Å². The quantitative estimate of drug-likeness (QED) is 0.890. The molecule has 2 heterocycles. The number of anilines is 1. The Kier molecular flexibility index (Phi) is 3.01. The molecule has 0 saturated carbocycles. The summed E-state index contributed by atoms with van der Waals surface area (Å²) in [6.07, 6.45) is 0. The number of nitrogens with zero attached hydrogens (tertiary/aromatic N) is 2. The lowest BCUT2D eigenvalue weighted by atomic mass is 10.1. The third-order valence-electron chi connectivity index (χ3n) is 2.99. The summed E-state index contributed by atoms with van der Waals surface area (Å²) in [6.45, 7) is 4.17. The SMILES string of the molecule is Cc1cc2n(n1)S[C@H](N[C@H](C)c1ccccc1)N2. The van der Waals surface area contributed by atoms with Crippen LogP contribution in [0.2, 0.25) is 0 Å².